The number of anilines is 3. The molecule has 35 heavy (non-hydrogen) atoms. The smallest absolute Gasteiger partial charge is 0.383 e. The molecule has 0 saturated carbocycles. The lowest BCUT2D eigenvalue weighted by atomic mass is 10.1. The van der Waals surface area contributed by atoms with Crippen LogP contribution in [0.4, 0.5) is 30.4 Å². The Morgan fingerprint density at radius 1 is 1.09 bits per heavy atom. The van der Waals surface area contributed by atoms with Gasteiger partial charge in [0.2, 0.25) is 5.91 Å². The summed E-state index contributed by atoms with van der Waals surface area (Å²) in [7, 11) is 0. The van der Waals surface area contributed by atoms with Gasteiger partial charge >= 0.3 is 6.18 Å². The standard InChI is InChI=1S/C22H22F3N7O3/c1-11(2)32-19(26)17(20(27)34)18(31-32)21(35)30-15-8-14(9-28-10-15)29-16(33)7-12-4-3-5-13(6-12)22(23,24)25/h3-6,8-11H,7,26H2,1-2H3,(H2,27,34)(H,29,33)(H,30,35). The molecule has 0 bridgehead atoms. The molecule has 0 aliphatic heterocycles. The number of rotatable bonds is 7. The van der Waals surface area contributed by atoms with Gasteiger partial charge in [0.15, 0.2) is 5.69 Å². The van der Waals surface area contributed by atoms with E-state index in [0.717, 1.165) is 12.1 Å². The number of nitrogens with two attached hydrogens (primary N) is 2. The molecular formula is C22H22F3N7O3. The highest BCUT2D eigenvalue weighted by molar-refractivity contribution is 6.12. The topological polar surface area (TPSA) is 158 Å². The molecule has 0 spiro atoms. The number of pyridine rings is 1. The van der Waals surface area contributed by atoms with E-state index in [4.69, 9.17) is 11.5 Å². The molecular weight excluding hydrogens is 467 g/mol. The van der Waals surface area contributed by atoms with Gasteiger partial charge in [-0.1, -0.05) is 18.2 Å². The van der Waals surface area contributed by atoms with Crippen LogP contribution in [0.2, 0.25) is 0 Å². The number of benzene rings is 1. The molecule has 3 aromatic rings. The third-order valence-electron chi connectivity index (χ3n) is 4.80. The van der Waals surface area contributed by atoms with Crippen LogP contribution in [0, 0.1) is 0 Å². The Kier molecular flexibility index (Phi) is 7.08. The summed E-state index contributed by atoms with van der Waals surface area (Å²) >= 11 is 0. The predicted molar refractivity (Wildman–Crippen MR) is 122 cm³/mol. The molecule has 0 saturated heterocycles. The molecule has 0 aliphatic rings. The summed E-state index contributed by atoms with van der Waals surface area (Å²) in [6, 6.07) is 5.57. The minimum Gasteiger partial charge on any atom is -0.383 e. The molecule has 0 unspecified atom stereocenters. The van der Waals surface area contributed by atoms with Crippen LogP contribution < -0.4 is 22.1 Å². The van der Waals surface area contributed by atoms with Crippen molar-refractivity contribution in [3.05, 3.63) is 65.1 Å². The summed E-state index contributed by atoms with van der Waals surface area (Å²) < 4.78 is 39.9. The number of alkyl halides is 3. The molecule has 0 radical (unpaired) electrons. The molecule has 6 N–H and O–H groups in total. The van der Waals surface area contributed by atoms with E-state index >= 15 is 0 Å². The summed E-state index contributed by atoms with van der Waals surface area (Å²) in [5.41, 5.74) is 10.4. The summed E-state index contributed by atoms with van der Waals surface area (Å²) in [6.07, 6.45) is -2.26. The van der Waals surface area contributed by atoms with E-state index in [9.17, 15) is 27.6 Å². The summed E-state index contributed by atoms with van der Waals surface area (Å²) in [6.45, 7) is 3.51. The van der Waals surface area contributed by atoms with Crippen LogP contribution in [-0.4, -0.2) is 32.5 Å². The first kappa shape index (κ1) is 25.2. The highest BCUT2D eigenvalue weighted by Crippen LogP contribution is 2.29. The number of primary amides is 1. The first-order valence-electron chi connectivity index (χ1n) is 10.3. The van der Waals surface area contributed by atoms with Gasteiger partial charge < -0.3 is 22.1 Å². The van der Waals surface area contributed by atoms with E-state index < -0.39 is 29.5 Å². The van der Waals surface area contributed by atoms with E-state index in [1.165, 1.54) is 35.3 Å². The number of carbonyl (C=O) groups excluding carboxylic acids is 3. The van der Waals surface area contributed by atoms with Gasteiger partial charge in [-0.15, -0.1) is 0 Å². The maximum Gasteiger partial charge on any atom is 0.416 e. The Balaban J connectivity index is 1.73. The average molecular weight is 489 g/mol. The van der Waals surface area contributed by atoms with Crippen molar-refractivity contribution in [2.75, 3.05) is 16.4 Å². The van der Waals surface area contributed by atoms with Gasteiger partial charge in [-0.2, -0.15) is 18.3 Å². The van der Waals surface area contributed by atoms with Crippen molar-refractivity contribution in [3.63, 3.8) is 0 Å². The number of hydrogen-bond acceptors (Lipinski definition) is 6. The van der Waals surface area contributed by atoms with E-state index in [1.807, 2.05) is 0 Å². The summed E-state index contributed by atoms with van der Waals surface area (Å²) in [5.74, 6) is -2.34. The van der Waals surface area contributed by atoms with Crippen molar-refractivity contribution >= 4 is 34.9 Å². The third-order valence-corrected chi connectivity index (χ3v) is 4.80. The highest BCUT2D eigenvalue weighted by Gasteiger charge is 2.30. The summed E-state index contributed by atoms with van der Waals surface area (Å²) in [4.78, 5) is 40.8. The second-order valence-corrected chi connectivity index (χ2v) is 7.85. The molecule has 1 aromatic carbocycles. The Morgan fingerprint density at radius 2 is 1.74 bits per heavy atom. The SMILES string of the molecule is CC(C)n1nc(C(=O)Nc2cncc(NC(=O)Cc3cccc(C(F)(F)F)c3)c2)c(C(N)=O)c1N. The number of nitrogens with one attached hydrogen (secondary N) is 2. The normalized spacial score (nSPS) is 11.4. The maximum atomic E-state index is 12.9. The first-order chi connectivity index (χ1) is 16.4. The van der Waals surface area contributed by atoms with Crippen molar-refractivity contribution in [2.45, 2.75) is 32.5 Å². The number of hydrogen-bond donors (Lipinski definition) is 4. The number of carbonyl (C=O) groups is 3. The Hall–Kier alpha value is -4.42. The van der Waals surface area contributed by atoms with Crippen molar-refractivity contribution in [1.29, 1.82) is 0 Å². The maximum absolute atomic E-state index is 12.9. The number of nitrogens with zero attached hydrogens (tertiary/aromatic N) is 3. The number of nitrogen functional groups attached to an aromatic ring is 1. The van der Waals surface area contributed by atoms with Crippen molar-refractivity contribution < 1.29 is 27.6 Å². The number of halogens is 3. The van der Waals surface area contributed by atoms with Crippen LogP contribution in [0.5, 0.6) is 0 Å². The van der Waals surface area contributed by atoms with Gasteiger partial charge in [0, 0.05) is 6.04 Å². The van der Waals surface area contributed by atoms with Gasteiger partial charge in [0.25, 0.3) is 11.8 Å². The number of amides is 3. The third kappa shape index (κ3) is 5.93. The van der Waals surface area contributed by atoms with Crippen LogP contribution in [0.1, 0.15) is 51.9 Å². The zero-order valence-electron chi connectivity index (χ0n) is 18.7. The lowest BCUT2D eigenvalue weighted by Gasteiger charge is -2.10. The largest absolute Gasteiger partial charge is 0.416 e. The van der Waals surface area contributed by atoms with E-state index in [2.05, 4.69) is 20.7 Å². The van der Waals surface area contributed by atoms with Gasteiger partial charge in [0.05, 0.1) is 35.8 Å². The lowest BCUT2D eigenvalue weighted by Crippen LogP contribution is -2.21. The Bertz CT molecular complexity index is 1290. The van der Waals surface area contributed by atoms with Crippen LogP contribution in [0.3, 0.4) is 0 Å². The van der Waals surface area contributed by atoms with Gasteiger partial charge in [0.1, 0.15) is 11.4 Å². The Labute approximate surface area is 197 Å². The molecule has 2 heterocycles. The monoisotopic (exact) mass is 489 g/mol. The fourth-order valence-electron chi connectivity index (χ4n) is 3.26. The molecule has 2 aromatic heterocycles. The second kappa shape index (κ2) is 9.83. The quantitative estimate of drug-likeness (QED) is 0.399. The minimum atomic E-state index is -4.52. The average Bonchev–Trinajstić information content (AvgIpc) is 3.11. The van der Waals surface area contributed by atoms with Crippen LogP contribution in [0.25, 0.3) is 0 Å². The van der Waals surface area contributed by atoms with E-state index in [-0.39, 0.29) is 46.5 Å². The van der Waals surface area contributed by atoms with Crippen LogP contribution >= 0.6 is 0 Å². The number of aromatic nitrogens is 3. The molecule has 13 heteroatoms. The van der Waals surface area contributed by atoms with Crippen molar-refractivity contribution in [1.82, 2.24) is 14.8 Å². The fourth-order valence-corrected chi connectivity index (χ4v) is 3.26. The molecule has 10 nitrogen and oxygen atoms in total. The van der Waals surface area contributed by atoms with Gasteiger partial charge in [-0.05, 0) is 31.5 Å². The van der Waals surface area contributed by atoms with Crippen LogP contribution in [0.15, 0.2) is 42.7 Å². The summed E-state index contributed by atoms with van der Waals surface area (Å²) in [5, 5.41) is 9.09. The molecule has 3 rings (SSSR count). The fraction of sp³-hybridized carbons (Fsp3) is 0.227. The molecule has 0 atom stereocenters. The zero-order chi connectivity index (χ0) is 25.9. The lowest BCUT2D eigenvalue weighted by molar-refractivity contribution is -0.137. The van der Waals surface area contributed by atoms with Crippen molar-refractivity contribution in [3.8, 4) is 0 Å². The van der Waals surface area contributed by atoms with E-state index in [0.29, 0.717) is 0 Å². The molecule has 0 aliphatic carbocycles. The van der Waals surface area contributed by atoms with Gasteiger partial charge in [-0.3, -0.25) is 19.4 Å². The zero-order valence-corrected chi connectivity index (χ0v) is 18.7. The Morgan fingerprint density at radius 3 is 2.34 bits per heavy atom. The molecule has 3 amide bonds. The van der Waals surface area contributed by atoms with Crippen LogP contribution in [-0.2, 0) is 17.4 Å². The highest BCUT2D eigenvalue weighted by atomic mass is 19.4. The van der Waals surface area contributed by atoms with Crippen molar-refractivity contribution in [2.24, 2.45) is 5.73 Å². The second-order valence-electron chi connectivity index (χ2n) is 7.85. The predicted octanol–water partition coefficient (Wildman–Crippen LogP) is 2.99. The molecule has 184 valence electrons. The van der Waals surface area contributed by atoms with E-state index in [1.54, 1.807) is 13.8 Å². The molecule has 0 fully saturated rings. The minimum absolute atomic E-state index is 0.0496. The first-order valence-corrected chi connectivity index (χ1v) is 10.3. The van der Waals surface area contributed by atoms with Gasteiger partial charge in [-0.25, -0.2) is 4.68 Å².